The summed E-state index contributed by atoms with van der Waals surface area (Å²) in [6.07, 6.45) is 0.931. The number of carboxylic acid groups (broad SMARTS) is 1. The van der Waals surface area contributed by atoms with Crippen LogP contribution in [0.25, 0.3) is 0 Å². The van der Waals surface area contributed by atoms with Gasteiger partial charge in [-0.05, 0) is 58.2 Å². The molecule has 0 saturated carbocycles. The molecule has 0 amide bonds. The van der Waals surface area contributed by atoms with E-state index in [1.165, 1.54) is 0 Å². The zero-order valence-electron chi connectivity index (χ0n) is 16.5. The van der Waals surface area contributed by atoms with E-state index < -0.39 is 5.97 Å². The number of hydrogen-bond acceptors (Lipinski definition) is 4. The highest BCUT2D eigenvalue weighted by Gasteiger charge is 2.24. The third-order valence-electron chi connectivity index (χ3n) is 4.33. The zero-order valence-corrected chi connectivity index (χ0v) is 16.5. The molecule has 1 aromatic heterocycles. The molecule has 0 aliphatic heterocycles. The smallest absolute Gasteiger partial charge is 0.343 e. The fourth-order valence-electron chi connectivity index (χ4n) is 3.30. The number of carbonyl (C=O) groups is 1. The fraction of sp³-hybridized carbons (Fsp3) is 0.429. The second-order valence-corrected chi connectivity index (χ2v) is 6.68. The first-order valence-corrected chi connectivity index (χ1v) is 9.04. The Labute approximate surface area is 155 Å². The molecule has 2 rings (SSSR count). The largest absolute Gasteiger partial charge is 0.477 e. The molecule has 1 N–H and O–H groups in total. The Kier molecular flexibility index (Phi) is 6.24. The van der Waals surface area contributed by atoms with Gasteiger partial charge in [0.15, 0.2) is 0 Å². The minimum atomic E-state index is -1.03. The van der Waals surface area contributed by atoms with Gasteiger partial charge in [-0.15, -0.1) is 0 Å². The summed E-state index contributed by atoms with van der Waals surface area (Å²) >= 11 is 0. The number of rotatable bonds is 7. The maximum Gasteiger partial charge on any atom is 0.343 e. The van der Waals surface area contributed by atoms with Gasteiger partial charge in [0.1, 0.15) is 11.3 Å². The highest BCUT2D eigenvalue weighted by Crippen LogP contribution is 2.35. The van der Waals surface area contributed by atoms with Gasteiger partial charge >= 0.3 is 5.97 Å². The van der Waals surface area contributed by atoms with E-state index in [2.05, 4.69) is 16.8 Å². The number of aromatic carboxylic acids is 1. The van der Waals surface area contributed by atoms with Crippen LogP contribution in [-0.2, 0) is 0 Å². The standard InChI is InChI=1S/C21H28N2O3/c1-7-9-23(8-2)17-12-16(6)22-20(18(17)21(24)25)26-19-14(4)10-13(3)11-15(19)5/h10-12H,7-9H2,1-6H3,(H,24,25). The predicted octanol–water partition coefficient (Wildman–Crippen LogP) is 5.04. The van der Waals surface area contributed by atoms with Crippen molar-refractivity contribution in [3.63, 3.8) is 0 Å². The molecule has 140 valence electrons. The van der Waals surface area contributed by atoms with Crippen LogP contribution in [0.1, 0.15) is 53.0 Å². The molecule has 5 heteroatoms. The molecule has 0 radical (unpaired) electrons. The Hall–Kier alpha value is -2.56. The summed E-state index contributed by atoms with van der Waals surface area (Å²) in [5.41, 5.74) is 4.58. The van der Waals surface area contributed by atoms with Crippen LogP contribution in [0.4, 0.5) is 5.69 Å². The molecule has 1 aromatic carbocycles. The normalized spacial score (nSPS) is 10.7. The number of pyridine rings is 1. The van der Waals surface area contributed by atoms with Gasteiger partial charge in [0.2, 0.25) is 5.88 Å². The predicted molar refractivity (Wildman–Crippen MR) is 105 cm³/mol. The SMILES string of the molecule is CCCN(CC)c1cc(C)nc(Oc2c(C)cc(C)cc2C)c1C(=O)O. The summed E-state index contributed by atoms with van der Waals surface area (Å²) in [6, 6.07) is 5.87. The Bertz CT molecular complexity index is 792. The van der Waals surface area contributed by atoms with Gasteiger partial charge in [0.05, 0.1) is 5.69 Å². The van der Waals surface area contributed by atoms with Crippen molar-refractivity contribution in [2.45, 2.75) is 48.0 Å². The summed E-state index contributed by atoms with van der Waals surface area (Å²) < 4.78 is 6.06. The average Bonchev–Trinajstić information content (AvgIpc) is 2.54. The summed E-state index contributed by atoms with van der Waals surface area (Å²) in [6.45, 7) is 13.4. The number of aryl methyl sites for hydroxylation is 4. The molecule has 26 heavy (non-hydrogen) atoms. The molecule has 0 spiro atoms. The van der Waals surface area contributed by atoms with E-state index in [1.54, 1.807) is 0 Å². The van der Waals surface area contributed by atoms with E-state index in [-0.39, 0.29) is 11.4 Å². The lowest BCUT2D eigenvalue weighted by atomic mass is 10.1. The molecule has 0 fully saturated rings. The van der Waals surface area contributed by atoms with Crippen molar-refractivity contribution < 1.29 is 14.6 Å². The average molecular weight is 356 g/mol. The van der Waals surface area contributed by atoms with Crippen LogP contribution in [0.2, 0.25) is 0 Å². The molecule has 1 heterocycles. The maximum absolute atomic E-state index is 12.0. The lowest BCUT2D eigenvalue weighted by molar-refractivity contribution is 0.0694. The van der Waals surface area contributed by atoms with E-state index in [9.17, 15) is 9.90 Å². The van der Waals surface area contributed by atoms with Gasteiger partial charge in [-0.1, -0.05) is 24.6 Å². The first kappa shape index (κ1) is 19.8. The van der Waals surface area contributed by atoms with Crippen LogP contribution < -0.4 is 9.64 Å². The molecular formula is C21H28N2O3. The summed E-state index contributed by atoms with van der Waals surface area (Å²) in [7, 11) is 0. The summed E-state index contributed by atoms with van der Waals surface area (Å²) in [4.78, 5) is 18.5. The van der Waals surface area contributed by atoms with Crippen molar-refractivity contribution in [3.8, 4) is 11.6 Å². The number of hydrogen-bond donors (Lipinski definition) is 1. The van der Waals surface area contributed by atoms with Crippen molar-refractivity contribution in [3.05, 3.63) is 46.1 Å². The van der Waals surface area contributed by atoms with Crippen molar-refractivity contribution >= 4 is 11.7 Å². The number of aromatic nitrogens is 1. The van der Waals surface area contributed by atoms with Crippen LogP contribution in [0.5, 0.6) is 11.6 Å². The van der Waals surface area contributed by atoms with Crippen LogP contribution in [-0.4, -0.2) is 29.1 Å². The van der Waals surface area contributed by atoms with E-state index in [1.807, 2.05) is 52.8 Å². The van der Waals surface area contributed by atoms with E-state index >= 15 is 0 Å². The minimum absolute atomic E-state index is 0.116. The quantitative estimate of drug-likeness (QED) is 0.753. The van der Waals surface area contributed by atoms with Crippen LogP contribution in [0, 0.1) is 27.7 Å². The first-order chi connectivity index (χ1) is 12.3. The van der Waals surface area contributed by atoms with E-state index in [4.69, 9.17) is 4.74 Å². The van der Waals surface area contributed by atoms with Gasteiger partial charge < -0.3 is 14.7 Å². The Balaban J connectivity index is 2.62. The van der Waals surface area contributed by atoms with Crippen LogP contribution in [0.3, 0.4) is 0 Å². The Morgan fingerprint density at radius 2 is 1.73 bits per heavy atom. The molecule has 0 atom stereocenters. The molecule has 0 aliphatic carbocycles. The Morgan fingerprint density at radius 3 is 2.23 bits per heavy atom. The van der Waals surface area contributed by atoms with Gasteiger partial charge in [-0.2, -0.15) is 0 Å². The second kappa shape index (κ2) is 8.21. The monoisotopic (exact) mass is 356 g/mol. The molecule has 0 bridgehead atoms. The van der Waals surface area contributed by atoms with E-state index in [0.29, 0.717) is 11.4 Å². The number of nitrogens with zero attached hydrogens (tertiary/aromatic N) is 2. The van der Waals surface area contributed by atoms with Crippen molar-refractivity contribution in [2.75, 3.05) is 18.0 Å². The third kappa shape index (κ3) is 4.15. The molecule has 0 unspecified atom stereocenters. The molecule has 0 saturated heterocycles. The molecular weight excluding hydrogens is 328 g/mol. The number of anilines is 1. The minimum Gasteiger partial charge on any atom is -0.477 e. The molecule has 5 nitrogen and oxygen atoms in total. The first-order valence-electron chi connectivity index (χ1n) is 9.04. The molecule has 0 aliphatic rings. The lowest BCUT2D eigenvalue weighted by Crippen LogP contribution is -2.26. The number of ether oxygens (including phenoxy) is 1. The van der Waals surface area contributed by atoms with Gasteiger partial charge in [-0.3, -0.25) is 0 Å². The Morgan fingerprint density at radius 1 is 1.12 bits per heavy atom. The van der Waals surface area contributed by atoms with Gasteiger partial charge in [-0.25, -0.2) is 9.78 Å². The van der Waals surface area contributed by atoms with Crippen molar-refractivity contribution in [2.24, 2.45) is 0 Å². The maximum atomic E-state index is 12.0. The summed E-state index contributed by atoms with van der Waals surface area (Å²) in [5.74, 6) is -0.211. The van der Waals surface area contributed by atoms with Crippen molar-refractivity contribution in [1.82, 2.24) is 4.98 Å². The second-order valence-electron chi connectivity index (χ2n) is 6.68. The van der Waals surface area contributed by atoms with Crippen LogP contribution >= 0.6 is 0 Å². The highest BCUT2D eigenvalue weighted by atomic mass is 16.5. The van der Waals surface area contributed by atoms with Crippen LogP contribution in [0.15, 0.2) is 18.2 Å². The number of benzene rings is 1. The topological polar surface area (TPSA) is 62.7 Å². The van der Waals surface area contributed by atoms with Crippen molar-refractivity contribution in [1.29, 1.82) is 0 Å². The fourth-order valence-corrected chi connectivity index (χ4v) is 3.30. The van der Waals surface area contributed by atoms with Gasteiger partial charge in [0.25, 0.3) is 0 Å². The lowest BCUT2D eigenvalue weighted by Gasteiger charge is -2.25. The summed E-state index contributed by atoms with van der Waals surface area (Å²) in [5, 5.41) is 9.86. The zero-order chi connectivity index (χ0) is 19.4. The molecule has 2 aromatic rings. The van der Waals surface area contributed by atoms with Gasteiger partial charge in [0, 0.05) is 18.8 Å². The highest BCUT2D eigenvalue weighted by molar-refractivity contribution is 5.97. The number of carboxylic acids is 1. The third-order valence-corrected chi connectivity index (χ3v) is 4.33. The van der Waals surface area contributed by atoms with E-state index in [0.717, 1.165) is 41.9 Å².